The van der Waals surface area contributed by atoms with Crippen LogP contribution in [0.5, 0.6) is 0 Å². The Bertz CT molecular complexity index is 221. The van der Waals surface area contributed by atoms with Gasteiger partial charge in [0.1, 0.15) is 0 Å². The van der Waals surface area contributed by atoms with Gasteiger partial charge in [0.25, 0.3) is 0 Å². The molecule has 15 heavy (non-hydrogen) atoms. The molecular formula is N4O8PdS2. The van der Waals surface area contributed by atoms with Crippen molar-refractivity contribution in [3.8, 4) is 0 Å². The van der Waals surface area contributed by atoms with Crippen LogP contribution in [0.4, 0.5) is 0 Å². The zero-order chi connectivity index (χ0) is 9.00. The summed E-state index contributed by atoms with van der Waals surface area (Å²) in [7, 11) is -10.3. The van der Waals surface area contributed by atoms with E-state index >= 15 is 0 Å². The van der Waals surface area contributed by atoms with Crippen LogP contribution in [-0.4, -0.2) is 35.0 Å². The van der Waals surface area contributed by atoms with Crippen molar-refractivity contribution >= 4 is 20.8 Å². The zero-order valence-electron chi connectivity index (χ0n) is 6.19. The fraction of sp³-hybridized carbons (Fsp3) is 0. The maximum absolute atomic E-state index is 8.52. The molecule has 0 heterocycles. The van der Waals surface area contributed by atoms with E-state index in [4.69, 9.17) is 35.0 Å². The van der Waals surface area contributed by atoms with Gasteiger partial charge >= 0.3 is 20.4 Å². The minimum atomic E-state index is -5.17. The minimum Gasteiger partial charge on any atom is -0.759 e. The molecule has 0 saturated heterocycles. The van der Waals surface area contributed by atoms with E-state index in [1.807, 2.05) is 0 Å². The van der Waals surface area contributed by atoms with E-state index in [2.05, 4.69) is 0 Å². The molecule has 15 heteroatoms. The monoisotopic (exact) mass is 354 g/mol. The van der Waals surface area contributed by atoms with Crippen LogP contribution in [0.3, 0.4) is 0 Å². The first-order valence-electron chi connectivity index (χ1n) is 1.33. The summed E-state index contributed by atoms with van der Waals surface area (Å²) in [5, 5.41) is 0. The molecule has 12 nitrogen and oxygen atoms in total. The second-order valence-electron chi connectivity index (χ2n) is 0.816. The first-order valence-corrected chi connectivity index (χ1v) is 4.00. The second kappa shape index (κ2) is 16.7. The van der Waals surface area contributed by atoms with Gasteiger partial charge in [-0.3, -0.25) is 16.8 Å². The maximum Gasteiger partial charge on any atom is 4.00 e. The molecule has 0 aromatic carbocycles. The van der Waals surface area contributed by atoms with E-state index in [0.29, 0.717) is 0 Å². The normalized spacial score (nSPS) is 7.73. The number of hydrogen-bond donors (Lipinski definition) is 0. The third kappa shape index (κ3) is 36300. The molecule has 0 atom stereocenters. The van der Waals surface area contributed by atoms with Crippen LogP contribution in [0.2, 0.25) is 0 Å². The van der Waals surface area contributed by atoms with E-state index in [1.165, 1.54) is 0 Å². The Balaban J connectivity index is -0.0000000128. The van der Waals surface area contributed by atoms with Crippen molar-refractivity contribution in [2.24, 2.45) is 0 Å². The fourth-order valence-corrected chi connectivity index (χ4v) is 0. The third-order valence-electron chi connectivity index (χ3n) is 0. The predicted octanol–water partition coefficient (Wildman–Crippen LogP) is -4.60. The molecule has 12 radical (unpaired) electrons. The van der Waals surface area contributed by atoms with Crippen LogP contribution in [0.15, 0.2) is 0 Å². The van der Waals surface area contributed by atoms with Crippen LogP contribution < -0.4 is 24.6 Å². The van der Waals surface area contributed by atoms with Crippen molar-refractivity contribution in [3.05, 3.63) is 0 Å². The smallest absolute Gasteiger partial charge is 0.759 e. The average Bonchev–Trinajstić information content (AvgIpc) is 1.12. The number of rotatable bonds is 0. The van der Waals surface area contributed by atoms with E-state index in [9.17, 15) is 0 Å². The van der Waals surface area contributed by atoms with Crippen molar-refractivity contribution in [1.82, 2.24) is 24.6 Å². The van der Waals surface area contributed by atoms with Crippen molar-refractivity contribution in [2.75, 3.05) is 0 Å². The summed E-state index contributed by atoms with van der Waals surface area (Å²) >= 11 is 0. The Morgan fingerprint density at radius 1 is 0.533 bits per heavy atom. The summed E-state index contributed by atoms with van der Waals surface area (Å²) in [6.07, 6.45) is 0. The van der Waals surface area contributed by atoms with Crippen LogP contribution >= 0.6 is 0 Å². The van der Waals surface area contributed by atoms with E-state index in [0.717, 1.165) is 0 Å². The van der Waals surface area contributed by atoms with Gasteiger partial charge in [-0.1, -0.05) is 0 Å². The van der Waals surface area contributed by atoms with E-state index in [-0.39, 0.29) is 45.0 Å². The van der Waals surface area contributed by atoms with Crippen molar-refractivity contribution in [3.63, 3.8) is 0 Å². The van der Waals surface area contributed by atoms with Gasteiger partial charge in [-0.15, -0.1) is 0 Å². The molecular weight excluding hydrogens is 355 g/mol. The summed E-state index contributed by atoms with van der Waals surface area (Å²) in [6.45, 7) is 0. The van der Waals surface area contributed by atoms with Gasteiger partial charge in [0.2, 0.25) is 0 Å². The molecule has 0 N–H and O–H groups in total. The molecule has 0 saturated carbocycles. The third-order valence-corrected chi connectivity index (χ3v) is 0. The van der Waals surface area contributed by atoms with Gasteiger partial charge in [0.05, 0.1) is 0 Å². The molecule has 0 amide bonds. The SMILES string of the molecule is O=S(=O)([O-])[O-].O=S(=O)([O-])[O-].[N].[N].[N].[N].[Pd+4]. The molecule has 0 aliphatic carbocycles. The summed E-state index contributed by atoms with van der Waals surface area (Å²) in [4.78, 5) is 0. The van der Waals surface area contributed by atoms with Crippen LogP contribution in [0.1, 0.15) is 0 Å². The maximum atomic E-state index is 8.52. The standard InChI is InChI=1S/4N.2H2O4S.Pd/c;;;;2*1-5(2,3)4;/h;;;;2*(H2,1,2,3,4);/q;;;;;;+4/p-4. The Hall–Kier alpha value is 0.242. The quantitative estimate of drug-likeness (QED) is 0.231. The average molecular weight is 355 g/mol. The van der Waals surface area contributed by atoms with Crippen LogP contribution in [0.25, 0.3) is 0 Å². The van der Waals surface area contributed by atoms with Gasteiger partial charge in [-0.05, 0) is 0 Å². The molecule has 0 unspecified atom stereocenters. The van der Waals surface area contributed by atoms with Gasteiger partial charge in [0.15, 0.2) is 0 Å². The summed E-state index contributed by atoms with van der Waals surface area (Å²) in [5.41, 5.74) is 0. The van der Waals surface area contributed by atoms with Crippen molar-refractivity contribution in [2.45, 2.75) is 0 Å². The van der Waals surface area contributed by atoms with Gasteiger partial charge in [0, 0.05) is 45.4 Å². The predicted molar refractivity (Wildman–Crippen MR) is 29.5 cm³/mol. The van der Waals surface area contributed by atoms with E-state index < -0.39 is 20.8 Å². The van der Waals surface area contributed by atoms with Gasteiger partial charge in [-0.2, -0.15) is 0 Å². The molecule has 0 fully saturated rings. The number of nitrogens with zero attached hydrogens (tertiary/aromatic N) is 4. The van der Waals surface area contributed by atoms with Crippen LogP contribution in [-0.2, 0) is 41.2 Å². The van der Waals surface area contributed by atoms with Gasteiger partial charge in [-0.25, -0.2) is 0 Å². The Labute approximate surface area is 101 Å². The molecule has 0 aliphatic rings. The first kappa shape index (κ1) is 45.5. The molecule has 90 valence electrons. The molecule has 0 spiro atoms. The number of hydrogen-bond acceptors (Lipinski definition) is 8. The first-order chi connectivity index (χ1) is 4.00. The largest absolute Gasteiger partial charge is 4.00 e. The minimum absolute atomic E-state index is 0. The van der Waals surface area contributed by atoms with Crippen molar-refractivity contribution < 1.29 is 55.5 Å². The molecule has 0 bridgehead atoms. The fourth-order valence-electron chi connectivity index (χ4n) is 0. The molecule has 0 aromatic rings. The summed E-state index contributed by atoms with van der Waals surface area (Å²) < 4.78 is 68.2. The van der Waals surface area contributed by atoms with Gasteiger partial charge < -0.3 is 18.2 Å². The molecule has 0 aromatic heterocycles. The Kier molecular flexibility index (Phi) is 50.6. The molecule has 0 aliphatic heterocycles. The Morgan fingerprint density at radius 2 is 0.533 bits per heavy atom. The van der Waals surface area contributed by atoms with Crippen LogP contribution in [0, 0.1) is 0 Å². The summed E-state index contributed by atoms with van der Waals surface area (Å²) in [5.74, 6) is 0. The van der Waals surface area contributed by atoms with E-state index in [1.54, 1.807) is 0 Å². The van der Waals surface area contributed by atoms with Crippen molar-refractivity contribution in [1.29, 1.82) is 0 Å². The zero-order valence-corrected chi connectivity index (χ0v) is 9.38. The molecule has 0 rings (SSSR count). The summed E-state index contributed by atoms with van der Waals surface area (Å²) in [6, 6.07) is 0. The second-order valence-corrected chi connectivity index (χ2v) is 2.45. The topological polar surface area (TPSA) is 283 Å². The Morgan fingerprint density at radius 3 is 0.533 bits per heavy atom.